The molecule has 0 saturated carbocycles. The number of rotatable bonds is 9. The highest BCUT2D eigenvalue weighted by atomic mass is 32.1. The van der Waals surface area contributed by atoms with E-state index in [0.717, 1.165) is 47.2 Å². The number of aryl methyl sites for hydroxylation is 2. The van der Waals surface area contributed by atoms with Crippen molar-refractivity contribution < 1.29 is 4.79 Å². The summed E-state index contributed by atoms with van der Waals surface area (Å²) in [5.74, 6) is 1.25. The summed E-state index contributed by atoms with van der Waals surface area (Å²) < 4.78 is 0. The number of aromatic nitrogens is 1. The number of nitrogens with zero attached hydrogens (tertiary/aromatic N) is 2. The molecule has 0 aliphatic rings. The first kappa shape index (κ1) is 21.6. The molecule has 1 N–H and O–H groups in total. The summed E-state index contributed by atoms with van der Waals surface area (Å²) >= 11 is 1.58. The maximum Gasteiger partial charge on any atom is 0.231 e. The zero-order valence-electron chi connectivity index (χ0n) is 17.5. The van der Waals surface area contributed by atoms with Crippen LogP contribution in [0.25, 0.3) is 0 Å². The van der Waals surface area contributed by atoms with Crippen LogP contribution < -0.4 is 5.32 Å². The standard InChI is InChI=1S/C22H33N3OS/c1-15(2)11-25(12-16(3)4)13-19-14-27-22(23-19)10-21(26)24-20-9-17(5)7-8-18(20)6/h7-9,14-16H,10-13H2,1-6H3,(H,24,26). The van der Waals surface area contributed by atoms with Gasteiger partial charge in [-0.3, -0.25) is 9.69 Å². The highest BCUT2D eigenvalue weighted by Gasteiger charge is 2.14. The highest BCUT2D eigenvalue weighted by molar-refractivity contribution is 7.09. The minimum absolute atomic E-state index is 0.00850. The van der Waals surface area contributed by atoms with Gasteiger partial charge in [-0.15, -0.1) is 11.3 Å². The van der Waals surface area contributed by atoms with Gasteiger partial charge < -0.3 is 5.32 Å². The lowest BCUT2D eigenvalue weighted by Crippen LogP contribution is -2.31. The van der Waals surface area contributed by atoms with E-state index in [1.165, 1.54) is 0 Å². The van der Waals surface area contributed by atoms with Gasteiger partial charge in [0.2, 0.25) is 5.91 Å². The number of thiazole rings is 1. The molecule has 0 radical (unpaired) electrons. The Morgan fingerprint density at radius 1 is 1.15 bits per heavy atom. The van der Waals surface area contributed by atoms with E-state index in [2.05, 4.69) is 49.4 Å². The van der Waals surface area contributed by atoms with Gasteiger partial charge in [0, 0.05) is 30.7 Å². The number of carbonyl (C=O) groups excluding carboxylic acids is 1. The van der Waals surface area contributed by atoms with Crippen LogP contribution in [0, 0.1) is 25.7 Å². The molecule has 5 heteroatoms. The predicted octanol–water partition coefficient (Wildman–Crippen LogP) is 5.06. The van der Waals surface area contributed by atoms with Crippen molar-refractivity contribution in [1.29, 1.82) is 0 Å². The van der Waals surface area contributed by atoms with Crippen molar-refractivity contribution in [3.8, 4) is 0 Å². The van der Waals surface area contributed by atoms with E-state index in [0.29, 0.717) is 18.3 Å². The maximum absolute atomic E-state index is 12.4. The van der Waals surface area contributed by atoms with Gasteiger partial charge in [0.25, 0.3) is 0 Å². The predicted molar refractivity (Wildman–Crippen MR) is 115 cm³/mol. The number of hydrogen-bond donors (Lipinski definition) is 1. The van der Waals surface area contributed by atoms with Crippen molar-refractivity contribution in [3.63, 3.8) is 0 Å². The van der Waals surface area contributed by atoms with Crippen LogP contribution in [0.4, 0.5) is 5.69 Å². The maximum atomic E-state index is 12.4. The molecule has 0 bridgehead atoms. The fourth-order valence-corrected chi connectivity index (χ4v) is 3.95. The van der Waals surface area contributed by atoms with E-state index in [1.54, 1.807) is 11.3 Å². The van der Waals surface area contributed by atoms with Gasteiger partial charge in [-0.2, -0.15) is 0 Å². The summed E-state index contributed by atoms with van der Waals surface area (Å²) in [4.78, 5) is 19.6. The molecule has 148 valence electrons. The van der Waals surface area contributed by atoms with Gasteiger partial charge in [0.15, 0.2) is 0 Å². The molecule has 0 spiro atoms. The van der Waals surface area contributed by atoms with E-state index in [1.807, 2.05) is 26.0 Å². The monoisotopic (exact) mass is 387 g/mol. The Bertz CT molecular complexity index is 742. The first-order valence-corrected chi connectivity index (χ1v) is 10.6. The van der Waals surface area contributed by atoms with Gasteiger partial charge in [0.1, 0.15) is 5.01 Å². The molecule has 1 aromatic heterocycles. The Morgan fingerprint density at radius 2 is 1.81 bits per heavy atom. The second-order valence-corrected chi connectivity index (χ2v) is 9.20. The highest BCUT2D eigenvalue weighted by Crippen LogP contribution is 2.18. The van der Waals surface area contributed by atoms with E-state index >= 15 is 0 Å². The van der Waals surface area contributed by atoms with Crippen LogP contribution >= 0.6 is 11.3 Å². The fourth-order valence-electron chi connectivity index (χ4n) is 3.17. The largest absolute Gasteiger partial charge is 0.325 e. The number of anilines is 1. The van der Waals surface area contributed by atoms with Crippen molar-refractivity contribution >= 4 is 22.9 Å². The Balaban J connectivity index is 1.96. The smallest absolute Gasteiger partial charge is 0.231 e. The minimum Gasteiger partial charge on any atom is -0.325 e. The van der Waals surface area contributed by atoms with Gasteiger partial charge >= 0.3 is 0 Å². The van der Waals surface area contributed by atoms with Crippen LogP contribution in [0.5, 0.6) is 0 Å². The number of benzene rings is 1. The lowest BCUT2D eigenvalue weighted by Gasteiger charge is -2.25. The average molecular weight is 388 g/mol. The van der Waals surface area contributed by atoms with Gasteiger partial charge in [-0.25, -0.2) is 4.98 Å². The molecule has 0 saturated heterocycles. The summed E-state index contributed by atoms with van der Waals surface area (Å²) in [6, 6.07) is 6.10. The Labute approximate surface area is 168 Å². The summed E-state index contributed by atoms with van der Waals surface area (Å²) in [6.07, 6.45) is 0.326. The van der Waals surface area contributed by atoms with Crippen molar-refractivity contribution in [2.75, 3.05) is 18.4 Å². The molecule has 1 heterocycles. The fraction of sp³-hybridized carbons (Fsp3) is 0.545. The third-order valence-electron chi connectivity index (χ3n) is 4.21. The van der Waals surface area contributed by atoms with Crippen LogP contribution in [-0.2, 0) is 17.8 Å². The molecular formula is C22H33N3OS. The quantitative estimate of drug-likeness (QED) is 0.654. The zero-order valence-corrected chi connectivity index (χ0v) is 18.3. The van der Waals surface area contributed by atoms with Crippen LogP contribution in [0.3, 0.4) is 0 Å². The second kappa shape index (κ2) is 10.00. The molecule has 0 atom stereocenters. The molecule has 0 aliphatic carbocycles. The molecule has 1 amide bonds. The SMILES string of the molecule is Cc1ccc(C)c(NC(=O)Cc2nc(CN(CC(C)C)CC(C)C)cs2)c1. The molecular weight excluding hydrogens is 354 g/mol. The van der Waals surface area contributed by atoms with Crippen LogP contribution in [-0.4, -0.2) is 28.9 Å². The summed E-state index contributed by atoms with van der Waals surface area (Å²) in [5.41, 5.74) is 4.17. The van der Waals surface area contributed by atoms with E-state index in [4.69, 9.17) is 4.98 Å². The molecule has 0 unspecified atom stereocenters. The topological polar surface area (TPSA) is 45.2 Å². The number of carbonyl (C=O) groups is 1. The first-order valence-electron chi connectivity index (χ1n) is 9.75. The molecule has 2 rings (SSSR count). The van der Waals surface area contributed by atoms with Crippen LogP contribution in [0.2, 0.25) is 0 Å². The Morgan fingerprint density at radius 3 is 2.44 bits per heavy atom. The zero-order chi connectivity index (χ0) is 20.0. The van der Waals surface area contributed by atoms with Gasteiger partial charge in [0.05, 0.1) is 12.1 Å². The van der Waals surface area contributed by atoms with Crippen molar-refractivity contribution in [3.05, 3.63) is 45.4 Å². The van der Waals surface area contributed by atoms with E-state index in [9.17, 15) is 4.79 Å². The van der Waals surface area contributed by atoms with Gasteiger partial charge in [-0.1, -0.05) is 39.8 Å². The van der Waals surface area contributed by atoms with E-state index < -0.39 is 0 Å². The van der Waals surface area contributed by atoms with Crippen molar-refractivity contribution in [2.24, 2.45) is 11.8 Å². The summed E-state index contributed by atoms with van der Waals surface area (Å²) in [6.45, 7) is 16.0. The number of nitrogens with one attached hydrogen (secondary N) is 1. The second-order valence-electron chi connectivity index (χ2n) is 8.26. The lowest BCUT2D eigenvalue weighted by atomic mass is 10.1. The molecule has 27 heavy (non-hydrogen) atoms. The molecule has 1 aromatic carbocycles. The molecule has 2 aromatic rings. The number of amides is 1. The van der Waals surface area contributed by atoms with Crippen molar-refractivity contribution in [1.82, 2.24) is 9.88 Å². The third kappa shape index (κ3) is 7.43. The average Bonchev–Trinajstić information content (AvgIpc) is 2.96. The summed E-state index contributed by atoms with van der Waals surface area (Å²) in [7, 11) is 0. The Kier molecular flexibility index (Phi) is 7.99. The molecule has 4 nitrogen and oxygen atoms in total. The van der Waals surface area contributed by atoms with Crippen molar-refractivity contribution in [2.45, 2.75) is 54.5 Å². The first-order chi connectivity index (χ1) is 12.7. The normalized spacial score (nSPS) is 11.6. The number of hydrogen-bond acceptors (Lipinski definition) is 4. The third-order valence-corrected chi connectivity index (χ3v) is 5.11. The molecule has 0 fully saturated rings. The minimum atomic E-state index is -0.00850. The lowest BCUT2D eigenvalue weighted by molar-refractivity contribution is -0.115. The van der Waals surface area contributed by atoms with Gasteiger partial charge in [-0.05, 0) is 42.9 Å². The Hall–Kier alpha value is -1.72. The summed E-state index contributed by atoms with van der Waals surface area (Å²) in [5, 5.41) is 5.99. The molecule has 0 aliphatic heterocycles. The van der Waals surface area contributed by atoms with Crippen LogP contribution in [0.15, 0.2) is 23.6 Å². The van der Waals surface area contributed by atoms with Crippen LogP contribution in [0.1, 0.15) is 49.5 Å². The van der Waals surface area contributed by atoms with E-state index in [-0.39, 0.29) is 5.91 Å².